The third kappa shape index (κ3) is 3.55. The van der Waals surface area contributed by atoms with Crippen molar-refractivity contribution in [1.82, 2.24) is 4.98 Å². The SMILES string of the molecule is CC1(C)OB(c2cnc(-c3cccc(C(F)(F)F)c3)c(Br)c2)OC1(C)C. The Morgan fingerprint density at radius 1 is 1.04 bits per heavy atom. The summed E-state index contributed by atoms with van der Waals surface area (Å²) < 4.78 is 51.3. The van der Waals surface area contributed by atoms with E-state index in [2.05, 4.69) is 20.9 Å². The number of alkyl halides is 3. The maximum Gasteiger partial charge on any atom is 0.496 e. The molecule has 1 aromatic carbocycles. The summed E-state index contributed by atoms with van der Waals surface area (Å²) in [4.78, 5) is 4.34. The Morgan fingerprint density at radius 3 is 2.19 bits per heavy atom. The Morgan fingerprint density at radius 2 is 1.65 bits per heavy atom. The van der Waals surface area contributed by atoms with Gasteiger partial charge in [0.25, 0.3) is 0 Å². The van der Waals surface area contributed by atoms with E-state index < -0.39 is 30.1 Å². The molecule has 1 fully saturated rings. The molecule has 0 saturated carbocycles. The number of aromatic nitrogens is 1. The van der Waals surface area contributed by atoms with Gasteiger partial charge in [0.2, 0.25) is 0 Å². The van der Waals surface area contributed by atoms with Crippen LogP contribution in [0.1, 0.15) is 33.3 Å². The van der Waals surface area contributed by atoms with Crippen molar-refractivity contribution in [2.75, 3.05) is 0 Å². The van der Waals surface area contributed by atoms with E-state index >= 15 is 0 Å². The summed E-state index contributed by atoms with van der Waals surface area (Å²) >= 11 is 3.41. The van der Waals surface area contributed by atoms with Crippen LogP contribution >= 0.6 is 15.9 Å². The van der Waals surface area contributed by atoms with E-state index in [0.29, 0.717) is 21.2 Å². The van der Waals surface area contributed by atoms with Crippen molar-refractivity contribution in [2.24, 2.45) is 0 Å². The van der Waals surface area contributed by atoms with Crippen LogP contribution in [0.15, 0.2) is 41.0 Å². The van der Waals surface area contributed by atoms with Crippen molar-refractivity contribution in [3.8, 4) is 11.3 Å². The lowest BCUT2D eigenvalue weighted by atomic mass is 9.80. The summed E-state index contributed by atoms with van der Waals surface area (Å²) in [6.45, 7) is 7.80. The second-order valence-corrected chi connectivity index (χ2v) is 8.12. The fourth-order valence-electron chi connectivity index (χ4n) is 2.62. The van der Waals surface area contributed by atoms with Gasteiger partial charge in [-0.15, -0.1) is 0 Å². The molecule has 0 amide bonds. The standard InChI is InChI=1S/C18H18BBrF3NO2/c1-16(2)17(3,4)26-19(25-16)13-9-14(20)15(24-10-13)11-6-5-7-12(8-11)18(21,22)23/h5-10H,1-4H3. The summed E-state index contributed by atoms with van der Waals surface area (Å²) in [6, 6.07) is 6.85. The van der Waals surface area contributed by atoms with E-state index in [1.54, 1.807) is 18.3 Å². The number of rotatable bonds is 2. The molecular formula is C18H18BBrF3NO2. The minimum Gasteiger partial charge on any atom is -0.399 e. The van der Waals surface area contributed by atoms with Crippen LogP contribution in [-0.2, 0) is 15.5 Å². The van der Waals surface area contributed by atoms with Crippen molar-refractivity contribution in [2.45, 2.75) is 45.1 Å². The first-order chi connectivity index (χ1) is 11.9. The normalized spacial score (nSPS) is 19.0. The highest BCUT2D eigenvalue weighted by Gasteiger charge is 2.51. The molecule has 2 aromatic rings. The average Bonchev–Trinajstić information content (AvgIpc) is 2.74. The van der Waals surface area contributed by atoms with Crippen LogP contribution < -0.4 is 5.46 Å². The lowest BCUT2D eigenvalue weighted by Gasteiger charge is -2.32. The molecule has 26 heavy (non-hydrogen) atoms. The van der Waals surface area contributed by atoms with Gasteiger partial charge < -0.3 is 9.31 Å². The van der Waals surface area contributed by atoms with E-state index in [9.17, 15) is 13.2 Å². The van der Waals surface area contributed by atoms with Gasteiger partial charge in [0.1, 0.15) is 0 Å². The summed E-state index contributed by atoms with van der Waals surface area (Å²) in [5.74, 6) is 0. The summed E-state index contributed by atoms with van der Waals surface area (Å²) in [5, 5.41) is 0. The molecule has 0 atom stereocenters. The summed E-state index contributed by atoms with van der Waals surface area (Å²) in [7, 11) is -0.584. The predicted octanol–water partition coefficient (Wildman–Crippen LogP) is 4.83. The van der Waals surface area contributed by atoms with Crippen molar-refractivity contribution in [3.05, 3.63) is 46.6 Å². The third-order valence-electron chi connectivity index (χ3n) is 4.85. The van der Waals surface area contributed by atoms with Crippen molar-refractivity contribution in [3.63, 3.8) is 0 Å². The summed E-state index contributed by atoms with van der Waals surface area (Å²) in [6.07, 6.45) is -2.83. The molecule has 8 heteroatoms. The first-order valence-corrected chi connectivity index (χ1v) is 8.89. The van der Waals surface area contributed by atoms with Crippen molar-refractivity contribution < 1.29 is 22.5 Å². The van der Waals surface area contributed by atoms with Crippen LogP contribution in [0.4, 0.5) is 13.2 Å². The van der Waals surface area contributed by atoms with Gasteiger partial charge in [-0.1, -0.05) is 12.1 Å². The Bertz CT molecular complexity index is 823. The molecular weight excluding hydrogens is 410 g/mol. The average molecular weight is 428 g/mol. The van der Waals surface area contributed by atoms with E-state index in [0.717, 1.165) is 12.1 Å². The highest BCUT2D eigenvalue weighted by Crippen LogP contribution is 2.37. The number of benzene rings is 1. The molecule has 3 nitrogen and oxygen atoms in total. The predicted molar refractivity (Wildman–Crippen MR) is 98.1 cm³/mol. The van der Waals surface area contributed by atoms with E-state index in [4.69, 9.17) is 9.31 Å². The maximum absolute atomic E-state index is 12.9. The fourth-order valence-corrected chi connectivity index (χ4v) is 3.21. The number of nitrogens with zero attached hydrogens (tertiary/aromatic N) is 1. The lowest BCUT2D eigenvalue weighted by molar-refractivity contribution is -0.137. The number of halogens is 4. The molecule has 1 aliphatic rings. The van der Waals surface area contributed by atoms with Crippen LogP contribution in [-0.4, -0.2) is 23.3 Å². The molecule has 138 valence electrons. The van der Waals surface area contributed by atoms with Crippen LogP contribution in [0.5, 0.6) is 0 Å². The van der Waals surface area contributed by atoms with Crippen molar-refractivity contribution in [1.29, 1.82) is 0 Å². The monoisotopic (exact) mass is 427 g/mol. The minimum absolute atomic E-state index is 0.382. The molecule has 0 aliphatic carbocycles. The smallest absolute Gasteiger partial charge is 0.399 e. The molecule has 0 radical (unpaired) electrons. The molecule has 0 unspecified atom stereocenters. The van der Waals surface area contributed by atoms with Gasteiger partial charge in [-0.3, -0.25) is 4.98 Å². The number of pyridine rings is 1. The zero-order chi connectivity index (χ0) is 19.3. The van der Waals surface area contributed by atoms with Gasteiger partial charge in [-0.05, 0) is 61.8 Å². The Hall–Kier alpha value is -1.38. The lowest BCUT2D eigenvalue weighted by Crippen LogP contribution is -2.41. The Kier molecular flexibility index (Phi) is 4.74. The van der Waals surface area contributed by atoms with Gasteiger partial charge in [0.15, 0.2) is 0 Å². The van der Waals surface area contributed by atoms with Gasteiger partial charge in [0.05, 0.1) is 22.5 Å². The largest absolute Gasteiger partial charge is 0.496 e. The van der Waals surface area contributed by atoms with Crippen LogP contribution in [0, 0.1) is 0 Å². The second-order valence-electron chi connectivity index (χ2n) is 7.27. The molecule has 3 rings (SSSR count). The van der Waals surface area contributed by atoms with Crippen LogP contribution in [0.3, 0.4) is 0 Å². The summed E-state index contributed by atoms with van der Waals surface area (Å²) in [5.41, 5.74) is -0.165. The first kappa shape index (κ1) is 19.4. The molecule has 1 aliphatic heterocycles. The highest BCUT2D eigenvalue weighted by molar-refractivity contribution is 9.10. The van der Waals surface area contributed by atoms with Gasteiger partial charge in [0, 0.05) is 21.7 Å². The Balaban J connectivity index is 1.92. The van der Waals surface area contributed by atoms with Gasteiger partial charge >= 0.3 is 13.3 Å². The number of hydrogen-bond donors (Lipinski definition) is 0. The molecule has 2 heterocycles. The Labute approximate surface area is 159 Å². The zero-order valence-corrected chi connectivity index (χ0v) is 16.4. The minimum atomic E-state index is -4.40. The quantitative estimate of drug-likeness (QED) is 0.643. The maximum atomic E-state index is 12.9. The fraction of sp³-hybridized carbons (Fsp3) is 0.389. The molecule has 1 aromatic heterocycles. The van der Waals surface area contributed by atoms with Gasteiger partial charge in [-0.25, -0.2) is 0 Å². The van der Waals surface area contributed by atoms with E-state index in [1.807, 2.05) is 27.7 Å². The molecule has 0 bridgehead atoms. The third-order valence-corrected chi connectivity index (χ3v) is 5.46. The van der Waals surface area contributed by atoms with Crippen LogP contribution in [0.2, 0.25) is 0 Å². The first-order valence-electron chi connectivity index (χ1n) is 8.09. The zero-order valence-electron chi connectivity index (χ0n) is 14.8. The topological polar surface area (TPSA) is 31.4 Å². The van der Waals surface area contributed by atoms with Gasteiger partial charge in [-0.2, -0.15) is 13.2 Å². The highest BCUT2D eigenvalue weighted by atomic mass is 79.9. The molecule has 0 spiro atoms. The van der Waals surface area contributed by atoms with Crippen LogP contribution in [0.25, 0.3) is 11.3 Å². The van der Waals surface area contributed by atoms with E-state index in [1.165, 1.54) is 6.07 Å². The molecule has 0 N–H and O–H groups in total. The van der Waals surface area contributed by atoms with Crippen molar-refractivity contribution >= 4 is 28.5 Å². The second kappa shape index (κ2) is 6.35. The number of hydrogen-bond acceptors (Lipinski definition) is 3. The molecule has 1 saturated heterocycles. The van der Waals surface area contributed by atoms with E-state index in [-0.39, 0.29) is 0 Å².